The van der Waals surface area contributed by atoms with E-state index < -0.39 is 11.7 Å². The standard InChI is InChI=1S/C13H18BrNO4/c1-13(2,3)19-12(16)15-9-7-11(18-5)10(17-4)6-8(9)14/h6-7H,1-5H3,(H,15,16). The molecule has 0 aliphatic carbocycles. The van der Waals surface area contributed by atoms with Crippen molar-refractivity contribution >= 4 is 27.7 Å². The molecule has 1 aromatic carbocycles. The first-order valence-corrected chi connectivity index (χ1v) is 6.47. The number of nitrogens with one attached hydrogen (secondary N) is 1. The first-order chi connectivity index (χ1) is 8.76. The number of carbonyl (C=O) groups is 1. The highest BCUT2D eigenvalue weighted by Gasteiger charge is 2.18. The van der Waals surface area contributed by atoms with Crippen LogP contribution in [0.5, 0.6) is 11.5 Å². The van der Waals surface area contributed by atoms with Crippen LogP contribution in [-0.4, -0.2) is 25.9 Å². The second-order valence-corrected chi connectivity index (χ2v) is 5.67. The molecule has 0 radical (unpaired) electrons. The Morgan fingerprint density at radius 2 is 1.68 bits per heavy atom. The predicted molar refractivity (Wildman–Crippen MR) is 77.1 cm³/mol. The number of methoxy groups -OCH3 is 2. The highest BCUT2D eigenvalue weighted by Crippen LogP contribution is 2.36. The molecule has 0 fully saturated rings. The van der Waals surface area contributed by atoms with E-state index in [1.807, 2.05) is 0 Å². The third-order valence-corrected chi connectivity index (χ3v) is 2.76. The zero-order chi connectivity index (χ0) is 14.6. The fraction of sp³-hybridized carbons (Fsp3) is 0.462. The molecule has 0 heterocycles. The summed E-state index contributed by atoms with van der Waals surface area (Å²) in [5, 5.41) is 2.65. The molecule has 1 rings (SSSR count). The fourth-order valence-electron chi connectivity index (χ4n) is 1.36. The smallest absolute Gasteiger partial charge is 0.412 e. The molecule has 0 aliphatic heterocycles. The largest absolute Gasteiger partial charge is 0.493 e. The molecule has 1 N–H and O–H groups in total. The lowest BCUT2D eigenvalue weighted by atomic mass is 10.2. The van der Waals surface area contributed by atoms with Crippen molar-refractivity contribution in [1.29, 1.82) is 0 Å². The maximum atomic E-state index is 11.7. The Morgan fingerprint density at radius 1 is 1.16 bits per heavy atom. The van der Waals surface area contributed by atoms with E-state index in [4.69, 9.17) is 14.2 Å². The molecule has 1 amide bonds. The van der Waals surface area contributed by atoms with Gasteiger partial charge in [-0.1, -0.05) is 0 Å². The van der Waals surface area contributed by atoms with E-state index in [0.29, 0.717) is 21.7 Å². The van der Waals surface area contributed by atoms with Crippen LogP contribution < -0.4 is 14.8 Å². The molecule has 0 saturated heterocycles. The Bertz CT molecular complexity index is 468. The Morgan fingerprint density at radius 3 is 2.16 bits per heavy atom. The van der Waals surface area contributed by atoms with Gasteiger partial charge in [0.15, 0.2) is 11.5 Å². The summed E-state index contributed by atoms with van der Waals surface area (Å²) in [6.45, 7) is 5.41. The normalized spacial score (nSPS) is 10.8. The summed E-state index contributed by atoms with van der Waals surface area (Å²) in [5.74, 6) is 1.10. The van der Waals surface area contributed by atoms with Crippen LogP contribution in [0.4, 0.5) is 10.5 Å². The summed E-state index contributed by atoms with van der Waals surface area (Å²) in [5.41, 5.74) is -0.000440. The minimum atomic E-state index is -0.548. The molecule has 0 atom stereocenters. The van der Waals surface area contributed by atoms with Gasteiger partial charge in [-0.05, 0) is 36.7 Å². The third kappa shape index (κ3) is 4.63. The minimum Gasteiger partial charge on any atom is -0.493 e. The second-order valence-electron chi connectivity index (χ2n) is 4.81. The van der Waals surface area contributed by atoms with Crippen molar-refractivity contribution in [3.8, 4) is 11.5 Å². The van der Waals surface area contributed by atoms with Crippen LogP contribution in [0.1, 0.15) is 20.8 Å². The molecule has 0 saturated carbocycles. The molecular weight excluding hydrogens is 314 g/mol. The van der Waals surface area contributed by atoms with Gasteiger partial charge in [0.25, 0.3) is 0 Å². The Labute approximate surface area is 121 Å². The number of ether oxygens (including phenoxy) is 3. The predicted octanol–water partition coefficient (Wildman–Crippen LogP) is 3.81. The molecule has 5 nitrogen and oxygen atoms in total. The van der Waals surface area contributed by atoms with Gasteiger partial charge >= 0.3 is 6.09 Å². The fourth-order valence-corrected chi connectivity index (χ4v) is 1.79. The van der Waals surface area contributed by atoms with Gasteiger partial charge in [0.2, 0.25) is 0 Å². The maximum absolute atomic E-state index is 11.7. The average molecular weight is 332 g/mol. The van der Waals surface area contributed by atoms with Crippen molar-refractivity contribution in [2.45, 2.75) is 26.4 Å². The van der Waals surface area contributed by atoms with Crippen LogP contribution in [0.2, 0.25) is 0 Å². The van der Waals surface area contributed by atoms with E-state index in [-0.39, 0.29) is 0 Å². The molecule has 0 unspecified atom stereocenters. The van der Waals surface area contributed by atoms with E-state index >= 15 is 0 Å². The number of benzene rings is 1. The van der Waals surface area contributed by atoms with Crippen LogP contribution in [0, 0.1) is 0 Å². The van der Waals surface area contributed by atoms with Crippen molar-refractivity contribution in [2.75, 3.05) is 19.5 Å². The van der Waals surface area contributed by atoms with Gasteiger partial charge in [-0.3, -0.25) is 5.32 Å². The van der Waals surface area contributed by atoms with Crippen LogP contribution in [0.25, 0.3) is 0 Å². The van der Waals surface area contributed by atoms with Crippen molar-refractivity contribution in [3.63, 3.8) is 0 Å². The Hall–Kier alpha value is -1.43. The van der Waals surface area contributed by atoms with Crippen LogP contribution in [0.3, 0.4) is 0 Å². The average Bonchev–Trinajstić information content (AvgIpc) is 2.28. The van der Waals surface area contributed by atoms with Crippen molar-refractivity contribution < 1.29 is 19.0 Å². The third-order valence-electron chi connectivity index (χ3n) is 2.11. The van der Waals surface area contributed by atoms with Crippen LogP contribution in [0.15, 0.2) is 16.6 Å². The summed E-state index contributed by atoms with van der Waals surface area (Å²) < 4.78 is 16.2. The van der Waals surface area contributed by atoms with E-state index in [9.17, 15) is 4.79 Å². The van der Waals surface area contributed by atoms with Crippen molar-refractivity contribution in [3.05, 3.63) is 16.6 Å². The number of carbonyl (C=O) groups excluding carboxylic acids is 1. The van der Waals surface area contributed by atoms with Gasteiger partial charge in [0.05, 0.1) is 19.9 Å². The summed E-state index contributed by atoms with van der Waals surface area (Å²) in [7, 11) is 3.08. The van der Waals surface area contributed by atoms with Crippen LogP contribution >= 0.6 is 15.9 Å². The second kappa shape index (κ2) is 6.14. The van der Waals surface area contributed by atoms with Gasteiger partial charge in [-0.15, -0.1) is 0 Å². The maximum Gasteiger partial charge on any atom is 0.412 e. The number of anilines is 1. The zero-order valence-electron chi connectivity index (χ0n) is 11.7. The van der Waals surface area contributed by atoms with Gasteiger partial charge in [0, 0.05) is 16.6 Å². The number of halogens is 1. The topological polar surface area (TPSA) is 56.8 Å². The van der Waals surface area contributed by atoms with E-state index in [0.717, 1.165) is 0 Å². The summed E-state index contributed by atoms with van der Waals surface area (Å²) in [6.07, 6.45) is -0.527. The lowest BCUT2D eigenvalue weighted by Gasteiger charge is -2.20. The van der Waals surface area contributed by atoms with Crippen molar-refractivity contribution in [2.24, 2.45) is 0 Å². The SMILES string of the molecule is COc1cc(Br)c(NC(=O)OC(C)(C)C)cc1OC. The van der Waals surface area contributed by atoms with E-state index in [2.05, 4.69) is 21.2 Å². The monoisotopic (exact) mass is 331 g/mol. The lowest BCUT2D eigenvalue weighted by Crippen LogP contribution is -2.27. The summed E-state index contributed by atoms with van der Waals surface area (Å²) in [4.78, 5) is 11.7. The quantitative estimate of drug-likeness (QED) is 0.914. The first-order valence-electron chi connectivity index (χ1n) is 5.68. The molecule has 0 aromatic heterocycles. The minimum absolute atomic E-state index is 0.525. The zero-order valence-corrected chi connectivity index (χ0v) is 13.3. The molecule has 0 aliphatic rings. The highest BCUT2D eigenvalue weighted by molar-refractivity contribution is 9.10. The Kier molecular flexibility index (Phi) is 5.05. The van der Waals surface area contributed by atoms with Gasteiger partial charge in [-0.25, -0.2) is 4.79 Å². The molecular formula is C13H18BrNO4. The molecule has 19 heavy (non-hydrogen) atoms. The number of hydrogen-bond donors (Lipinski definition) is 1. The van der Waals surface area contributed by atoms with Gasteiger partial charge < -0.3 is 14.2 Å². The number of rotatable bonds is 3. The lowest BCUT2D eigenvalue weighted by molar-refractivity contribution is 0.0636. The molecule has 106 valence electrons. The first kappa shape index (κ1) is 15.6. The summed E-state index contributed by atoms with van der Waals surface area (Å²) >= 11 is 3.35. The Balaban J connectivity index is 2.93. The molecule has 1 aromatic rings. The summed E-state index contributed by atoms with van der Waals surface area (Å²) in [6, 6.07) is 3.37. The molecule has 0 bridgehead atoms. The number of hydrogen-bond acceptors (Lipinski definition) is 4. The molecule has 0 spiro atoms. The van der Waals surface area contributed by atoms with Crippen LogP contribution in [-0.2, 0) is 4.74 Å². The highest BCUT2D eigenvalue weighted by atomic mass is 79.9. The molecule has 6 heteroatoms. The van der Waals surface area contributed by atoms with E-state index in [1.165, 1.54) is 7.11 Å². The van der Waals surface area contributed by atoms with Gasteiger partial charge in [-0.2, -0.15) is 0 Å². The van der Waals surface area contributed by atoms with E-state index in [1.54, 1.807) is 40.0 Å². The van der Waals surface area contributed by atoms with Crippen molar-refractivity contribution in [1.82, 2.24) is 0 Å². The van der Waals surface area contributed by atoms with Gasteiger partial charge in [0.1, 0.15) is 5.60 Å². The number of amides is 1.